The van der Waals surface area contributed by atoms with Gasteiger partial charge in [-0.2, -0.15) is 0 Å². The van der Waals surface area contributed by atoms with Gasteiger partial charge in [0.15, 0.2) is 0 Å². The molecule has 0 atom stereocenters. The zero-order valence-corrected chi connectivity index (χ0v) is 8.51. The molecule has 0 amide bonds. The summed E-state index contributed by atoms with van der Waals surface area (Å²) in [5, 5.41) is 8.94. The minimum absolute atomic E-state index is 0.0142. The lowest BCUT2D eigenvalue weighted by molar-refractivity contribution is -0.136. The van der Waals surface area contributed by atoms with Crippen LogP contribution in [-0.4, -0.2) is 11.1 Å². The molecule has 0 aliphatic heterocycles. The molecule has 1 N–H and O–H groups in total. The SMILES string of the molecule is CC.O=C(O)Cc1ccccc1Cl. The maximum atomic E-state index is 10.3. The van der Waals surface area contributed by atoms with E-state index >= 15 is 0 Å². The highest BCUT2D eigenvalue weighted by Crippen LogP contribution is 2.14. The highest BCUT2D eigenvalue weighted by Gasteiger charge is 2.02. The summed E-state index contributed by atoms with van der Waals surface area (Å²) in [7, 11) is 0. The first-order valence-corrected chi connectivity index (χ1v) is 4.53. The topological polar surface area (TPSA) is 37.3 Å². The van der Waals surface area contributed by atoms with Crippen LogP contribution in [-0.2, 0) is 11.2 Å². The molecule has 0 saturated carbocycles. The second-order valence-corrected chi connectivity index (χ2v) is 2.57. The van der Waals surface area contributed by atoms with Crippen LogP contribution in [0.3, 0.4) is 0 Å². The first kappa shape index (κ1) is 12.0. The molecule has 0 saturated heterocycles. The zero-order valence-electron chi connectivity index (χ0n) is 7.75. The van der Waals surface area contributed by atoms with E-state index in [1.807, 2.05) is 13.8 Å². The lowest BCUT2D eigenvalue weighted by Gasteiger charge is -1.97. The fourth-order valence-corrected chi connectivity index (χ4v) is 1.01. The molecule has 0 bridgehead atoms. The summed E-state index contributed by atoms with van der Waals surface area (Å²) < 4.78 is 0. The quantitative estimate of drug-likeness (QED) is 0.797. The van der Waals surface area contributed by atoms with Gasteiger partial charge >= 0.3 is 5.97 Å². The van der Waals surface area contributed by atoms with Gasteiger partial charge in [0, 0.05) is 5.02 Å². The van der Waals surface area contributed by atoms with Gasteiger partial charge in [-0.05, 0) is 11.6 Å². The lowest BCUT2D eigenvalue weighted by Crippen LogP contribution is -1.99. The van der Waals surface area contributed by atoms with E-state index < -0.39 is 5.97 Å². The molecule has 0 aliphatic carbocycles. The monoisotopic (exact) mass is 200 g/mol. The van der Waals surface area contributed by atoms with Crippen LogP contribution in [0.5, 0.6) is 0 Å². The van der Waals surface area contributed by atoms with Crippen molar-refractivity contribution in [2.24, 2.45) is 0 Å². The van der Waals surface area contributed by atoms with Gasteiger partial charge in [-0.1, -0.05) is 43.6 Å². The molecular weight excluding hydrogens is 188 g/mol. The summed E-state index contributed by atoms with van der Waals surface area (Å²) in [6.45, 7) is 4.00. The number of hydrogen-bond acceptors (Lipinski definition) is 1. The van der Waals surface area contributed by atoms with Gasteiger partial charge in [-0.15, -0.1) is 0 Å². The van der Waals surface area contributed by atoms with Crippen LogP contribution in [0.1, 0.15) is 19.4 Å². The third-order valence-corrected chi connectivity index (χ3v) is 1.67. The van der Waals surface area contributed by atoms with Crippen molar-refractivity contribution in [3.63, 3.8) is 0 Å². The first-order valence-electron chi connectivity index (χ1n) is 4.15. The number of halogens is 1. The predicted molar refractivity (Wildman–Crippen MR) is 54.1 cm³/mol. The van der Waals surface area contributed by atoms with Crippen molar-refractivity contribution in [2.45, 2.75) is 20.3 Å². The molecule has 1 rings (SSSR count). The third-order valence-electron chi connectivity index (χ3n) is 1.30. The van der Waals surface area contributed by atoms with E-state index in [1.165, 1.54) is 0 Å². The Labute approximate surface area is 83.2 Å². The average Bonchev–Trinajstić information content (AvgIpc) is 2.12. The first-order chi connectivity index (χ1) is 6.20. The Hall–Kier alpha value is -1.02. The Morgan fingerprint density at radius 1 is 1.38 bits per heavy atom. The van der Waals surface area contributed by atoms with Crippen molar-refractivity contribution in [1.82, 2.24) is 0 Å². The number of carboxylic acid groups (broad SMARTS) is 1. The van der Waals surface area contributed by atoms with E-state index in [0.29, 0.717) is 10.6 Å². The van der Waals surface area contributed by atoms with E-state index in [4.69, 9.17) is 16.7 Å². The number of hydrogen-bond donors (Lipinski definition) is 1. The molecule has 0 spiro atoms. The highest BCUT2D eigenvalue weighted by atomic mass is 35.5. The molecule has 0 aliphatic rings. The van der Waals surface area contributed by atoms with Crippen LogP contribution in [0.15, 0.2) is 24.3 Å². The van der Waals surface area contributed by atoms with Gasteiger partial charge in [-0.3, -0.25) is 4.79 Å². The molecule has 72 valence electrons. The molecule has 3 heteroatoms. The van der Waals surface area contributed by atoms with E-state index in [2.05, 4.69) is 0 Å². The van der Waals surface area contributed by atoms with Gasteiger partial charge in [0.2, 0.25) is 0 Å². The molecule has 0 fully saturated rings. The normalized spacial score (nSPS) is 8.54. The van der Waals surface area contributed by atoms with Crippen LogP contribution in [0.4, 0.5) is 0 Å². The molecule has 1 aromatic rings. The number of rotatable bonds is 2. The maximum absolute atomic E-state index is 10.3. The maximum Gasteiger partial charge on any atom is 0.307 e. The molecule has 2 nitrogen and oxygen atoms in total. The molecule has 0 heterocycles. The molecule has 13 heavy (non-hydrogen) atoms. The van der Waals surface area contributed by atoms with Crippen molar-refractivity contribution in [1.29, 1.82) is 0 Å². The molecule has 0 radical (unpaired) electrons. The Bertz CT molecular complexity index is 271. The minimum atomic E-state index is -0.863. The van der Waals surface area contributed by atoms with Gasteiger partial charge in [-0.25, -0.2) is 0 Å². The fraction of sp³-hybridized carbons (Fsp3) is 0.300. The van der Waals surface area contributed by atoms with E-state index in [0.717, 1.165) is 0 Å². The number of benzene rings is 1. The minimum Gasteiger partial charge on any atom is -0.481 e. The van der Waals surface area contributed by atoms with Crippen molar-refractivity contribution in [2.75, 3.05) is 0 Å². The Balaban J connectivity index is 0.000000671. The highest BCUT2D eigenvalue weighted by molar-refractivity contribution is 6.31. The largest absolute Gasteiger partial charge is 0.481 e. The van der Waals surface area contributed by atoms with Gasteiger partial charge in [0.1, 0.15) is 0 Å². The summed E-state index contributed by atoms with van der Waals surface area (Å²) in [5.41, 5.74) is 0.654. The van der Waals surface area contributed by atoms with Crippen LogP contribution in [0.2, 0.25) is 5.02 Å². The molecule has 1 aromatic carbocycles. The zero-order chi connectivity index (χ0) is 10.3. The summed E-state index contributed by atoms with van der Waals surface area (Å²) in [6, 6.07) is 6.92. The van der Waals surface area contributed by atoms with E-state index in [-0.39, 0.29) is 6.42 Å². The third kappa shape index (κ3) is 4.53. The van der Waals surface area contributed by atoms with E-state index in [1.54, 1.807) is 24.3 Å². The number of carbonyl (C=O) groups is 1. The summed E-state index contributed by atoms with van der Waals surface area (Å²) in [6.07, 6.45) is -0.0142. The summed E-state index contributed by atoms with van der Waals surface area (Å²) in [4.78, 5) is 10.3. The second-order valence-electron chi connectivity index (χ2n) is 2.16. The fourth-order valence-electron chi connectivity index (χ4n) is 0.805. The second kappa shape index (κ2) is 6.49. The van der Waals surface area contributed by atoms with Crippen molar-refractivity contribution in [3.05, 3.63) is 34.9 Å². The van der Waals surface area contributed by atoms with Gasteiger partial charge < -0.3 is 5.11 Å². The van der Waals surface area contributed by atoms with E-state index in [9.17, 15) is 4.79 Å². The van der Waals surface area contributed by atoms with Crippen LogP contribution in [0.25, 0.3) is 0 Å². The van der Waals surface area contributed by atoms with Crippen molar-refractivity contribution < 1.29 is 9.90 Å². The number of carboxylic acids is 1. The number of aliphatic carboxylic acids is 1. The summed E-state index contributed by atoms with van der Waals surface area (Å²) in [5.74, 6) is -0.863. The molecule has 0 unspecified atom stereocenters. The Kier molecular flexibility index (Phi) is 5.98. The average molecular weight is 201 g/mol. The van der Waals surface area contributed by atoms with Crippen LogP contribution >= 0.6 is 11.6 Å². The predicted octanol–water partition coefficient (Wildman–Crippen LogP) is 2.99. The smallest absolute Gasteiger partial charge is 0.307 e. The molecular formula is C10H13ClO2. The van der Waals surface area contributed by atoms with Crippen molar-refractivity contribution in [3.8, 4) is 0 Å². The standard InChI is InChI=1S/C8H7ClO2.C2H6/c9-7-4-2-1-3-6(7)5-8(10)11;1-2/h1-4H,5H2,(H,10,11);1-2H3. The van der Waals surface area contributed by atoms with Crippen molar-refractivity contribution >= 4 is 17.6 Å². The van der Waals surface area contributed by atoms with Crippen LogP contribution < -0.4 is 0 Å². The van der Waals surface area contributed by atoms with Crippen LogP contribution in [0, 0.1) is 0 Å². The summed E-state index contributed by atoms with van der Waals surface area (Å²) >= 11 is 5.70. The van der Waals surface area contributed by atoms with Gasteiger partial charge in [0.25, 0.3) is 0 Å². The molecule has 0 aromatic heterocycles. The Morgan fingerprint density at radius 2 is 1.92 bits per heavy atom. The lowest BCUT2D eigenvalue weighted by atomic mass is 10.1. The Morgan fingerprint density at radius 3 is 2.38 bits per heavy atom. The van der Waals surface area contributed by atoms with Gasteiger partial charge in [0.05, 0.1) is 6.42 Å².